The van der Waals surface area contributed by atoms with E-state index in [-0.39, 0.29) is 11.7 Å². The molecule has 2 rings (SSSR count). The Morgan fingerprint density at radius 1 is 1.42 bits per heavy atom. The van der Waals surface area contributed by atoms with Gasteiger partial charge in [-0.05, 0) is 37.6 Å². The normalized spacial score (nSPS) is 10.5. The Hall–Kier alpha value is -1.75. The lowest BCUT2D eigenvalue weighted by Crippen LogP contribution is -2.25. The fraction of sp³-hybridized carbons (Fsp3) is 0.286. The van der Waals surface area contributed by atoms with Gasteiger partial charge in [-0.25, -0.2) is 9.37 Å². The lowest BCUT2D eigenvalue weighted by atomic mass is 10.1. The highest BCUT2D eigenvalue weighted by atomic mass is 32.1. The maximum absolute atomic E-state index is 13.1. The summed E-state index contributed by atoms with van der Waals surface area (Å²) in [6, 6.07) is 4.36. The maximum Gasteiger partial charge on any atom is 0.251 e. The summed E-state index contributed by atoms with van der Waals surface area (Å²) in [6.45, 7) is 4.12. The van der Waals surface area contributed by atoms with Crippen molar-refractivity contribution in [3.05, 3.63) is 51.2 Å². The van der Waals surface area contributed by atoms with Gasteiger partial charge in [-0.2, -0.15) is 0 Å². The molecule has 3 nitrogen and oxygen atoms in total. The van der Waals surface area contributed by atoms with Crippen LogP contribution in [0.3, 0.4) is 0 Å². The molecule has 1 aromatic heterocycles. The van der Waals surface area contributed by atoms with Crippen LogP contribution in [0, 0.1) is 19.7 Å². The van der Waals surface area contributed by atoms with Crippen molar-refractivity contribution in [2.45, 2.75) is 20.3 Å². The van der Waals surface area contributed by atoms with E-state index in [2.05, 4.69) is 10.3 Å². The summed E-state index contributed by atoms with van der Waals surface area (Å²) in [6.07, 6.45) is 0.713. The van der Waals surface area contributed by atoms with E-state index in [4.69, 9.17) is 0 Å². The zero-order valence-electron chi connectivity index (χ0n) is 10.9. The Kier molecular flexibility index (Phi) is 4.27. The van der Waals surface area contributed by atoms with E-state index >= 15 is 0 Å². The standard InChI is InChI=1S/C14H15FN2OS/c1-9-7-11(3-4-12(9)15)14(18)16-6-5-13-17-10(2)8-19-13/h3-4,7-8H,5-6H2,1-2H3,(H,16,18). The maximum atomic E-state index is 13.1. The van der Waals surface area contributed by atoms with Gasteiger partial charge < -0.3 is 5.32 Å². The molecule has 1 N–H and O–H groups in total. The third kappa shape index (κ3) is 3.61. The smallest absolute Gasteiger partial charge is 0.251 e. The summed E-state index contributed by atoms with van der Waals surface area (Å²) in [5, 5.41) is 5.80. The Labute approximate surface area is 115 Å². The van der Waals surface area contributed by atoms with Crippen LogP contribution < -0.4 is 5.32 Å². The van der Waals surface area contributed by atoms with Crippen LogP contribution in [0.1, 0.15) is 26.6 Å². The van der Waals surface area contributed by atoms with E-state index in [1.807, 2.05) is 12.3 Å². The van der Waals surface area contributed by atoms with E-state index < -0.39 is 0 Å². The average Bonchev–Trinajstić information content (AvgIpc) is 2.78. The highest BCUT2D eigenvalue weighted by Gasteiger charge is 2.07. The minimum Gasteiger partial charge on any atom is -0.352 e. The van der Waals surface area contributed by atoms with Gasteiger partial charge >= 0.3 is 0 Å². The topological polar surface area (TPSA) is 42.0 Å². The summed E-state index contributed by atoms with van der Waals surface area (Å²) >= 11 is 1.59. The quantitative estimate of drug-likeness (QED) is 0.934. The largest absolute Gasteiger partial charge is 0.352 e. The van der Waals surface area contributed by atoms with Crippen LogP contribution in [-0.4, -0.2) is 17.4 Å². The molecule has 0 spiro atoms. The van der Waals surface area contributed by atoms with Crippen molar-refractivity contribution < 1.29 is 9.18 Å². The van der Waals surface area contributed by atoms with Gasteiger partial charge in [0.2, 0.25) is 0 Å². The predicted molar refractivity (Wildman–Crippen MR) is 74.0 cm³/mol. The number of aryl methyl sites for hydroxylation is 2. The number of aromatic nitrogens is 1. The molecule has 19 heavy (non-hydrogen) atoms. The van der Waals surface area contributed by atoms with Crippen molar-refractivity contribution in [1.29, 1.82) is 0 Å². The zero-order valence-corrected chi connectivity index (χ0v) is 11.7. The van der Waals surface area contributed by atoms with Gasteiger partial charge in [0.15, 0.2) is 0 Å². The van der Waals surface area contributed by atoms with Gasteiger partial charge in [0.05, 0.1) is 5.01 Å². The first-order chi connectivity index (χ1) is 9.06. The molecule has 0 aliphatic carbocycles. The summed E-state index contributed by atoms with van der Waals surface area (Å²) in [4.78, 5) is 16.2. The SMILES string of the molecule is Cc1csc(CCNC(=O)c2ccc(F)c(C)c2)n1. The molecular formula is C14H15FN2OS. The Morgan fingerprint density at radius 3 is 2.84 bits per heavy atom. The molecule has 0 radical (unpaired) electrons. The summed E-state index contributed by atoms with van der Waals surface area (Å²) < 4.78 is 13.1. The second-order valence-electron chi connectivity index (χ2n) is 4.35. The number of hydrogen-bond donors (Lipinski definition) is 1. The number of halogens is 1. The number of hydrogen-bond acceptors (Lipinski definition) is 3. The first-order valence-corrected chi connectivity index (χ1v) is 6.89. The van der Waals surface area contributed by atoms with Crippen LogP contribution in [0.15, 0.2) is 23.6 Å². The fourth-order valence-corrected chi connectivity index (χ4v) is 2.46. The van der Waals surface area contributed by atoms with E-state index in [9.17, 15) is 9.18 Å². The predicted octanol–water partition coefficient (Wildman–Crippen LogP) is 2.87. The molecule has 2 aromatic rings. The number of nitrogens with one attached hydrogen (secondary N) is 1. The van der Waals surface area contributed by atoms with Crippen molar-refractivity contribution in [3.63, 3.8) is 0 Å². The summed E-state index contributed by atoms with van der Waals surface area (Å²) in [5.41, 5.74) is 1.96. The minimum atomic E-state index is -0.296. The van der Waals surface area contributed by atoms with Gasteiger partial charge in [-0.1, -0.05) is 0 Å². The number of nitrogens with zero attached hydrogens (tertiary/aromatic N) is 1. The number of rotatable bonds is 4. The third-order valence-corrected chi connectivity index (χ3v) is 3.74. The molecule has 0 saturated heterocycles. The van der Waals surface area contributed by atoms with Gasteiger partial charge in [-0.15, -0.1) is 11.3 Å². The van der Waals surface area contributed by atoms with Crippen molar-refractivity contribution in [2.24, 2.45) is 0 Å². The number of carbonyl (C=O) groups is 1. The van der Waals surface area contributed by atoms with Crippen molar-refractivity contribution in [3.8, 4) is 0 Å². The second-order valence-corrected chi connectivity index (χ2v) is 5.30. The number of amides is 1. The van der Waals surface area contributed by atoms with E-state index in [1.54, 1.807) is 24.3 Å². The Balaban J connectivity index is 1.89. The van der Waals surface area contributed by atoms with Gasteiger partial charge in [-0.3, -0.25) is 4.79 Å². The van der Waals surface area contributed by atoms with Crippen molar-refractivity contribution in [1.82, 2.24) is 10.3 Å². The van der Waals surface area contributed by atoms with Crippen molar-refractivity contribution >= 4 is 17.2 Å². The zero-order chi connectivity index (χ0) is 13.8. The molecule has 1 heterocycles. The molecule has 0 fully saturated rings. The van der Waals surface area contributed by atoms with Gasteiger partial charge in [0, 0.05) is 29.6 Å². The van der Waals surface area contributed by atoms with Crippen LogP contribution in [0.2, 0.25) is 0 Å². The van der Waals surface area contributed by atoms with E-state index in [1.165, 1.54) is 12.1 Å². The van der Waals surface area contributed by atoms with Gasteiger partial charge in [0.1, 0.15) is 5.82 Å². The lowest BCUT2D eigenvalue weighted by molar-refractivity contribution is 0.0954. The lowest BCUT2D eigenvalue weighted by Gasteiger charge is -2.05. The molecule has 100 valence electrons. The highest BCUT2D eigenvalue weighted by molar-refractivity contribution is 7.09. The van der Waals surface area contributed by atoms with Crippen molar-refractivity contribution in [2.75, 3.05) is 6.54 Å². The van der Waals surface area contributed by atoms with Crippen LogP contribution in [-0.2, 0) is 6.42 Å². The van der Waals surface area contributed by atoms with Crippen LogP contribution in [0.4, 0.5) is 4.39 Å². The Bertz CT molecular complexity index is 595. The summed E-state index contributed by atoms with van der Waals surface area (Å²) in [7, 11) is 0. The molecule has 0 atom stereocenters. The first kappa shape index (κ1) is 13.7. The number of carbonyl (C=O) groups excluding carboxylic acids is 1. The molecule has 0 unspecified atom stereocenters. The molecule has 0 aliphatic heterocycles. The molecule has 0 bridgehead atoms. The second kappa shape index (κ2) is 5.93. The highest BCUT2D eigenvalue weighted by Crippen LogP contribution is 2.10. The van der Waals surface area contributed by atoms with Crippen LogP contribution in [0.5, 0.6) is 0 Å². The molecule has 0 aliphatic rings. The molecular weight excluding hydrogens is 263 g/mol. The monoisotopic (exact) mass is 278 g/mol. The van der Waals surface area contributed by atoms with Crippen LogP contribution >= 0.6 is 11.3 Å². The molecule has 1 aromatic carbocycles. The summed E-state index contributed by atoms with van der Waals surface area (Å²) in [5.74, 6) is -0.480. The van der Waals surface area contributed by atoms with E-state index in [0.29, 0.717) is 24.1 Å². The Morgan fingerprint density at radius 2 is 2.21 bits per heavy atom. The molecule has 1 amide bonds. The first-order valence-electron chi connectivity index (χ1n) is 6.01. The van der Waals surface area contributed by atoms with Crippen LogP contribution in [0.25, 0.3) is 0 Å². The molecule has 0 saturated carbocycles. The third-order valence-electron chi connectivity index (χ3n) is 2.71. The number of benzene rings is 1. The molecule has 5 heteroatoms. The fourth-order valence-electron chi connectivity index (χ4n) is 1.69. The number of thiazole rings is 1. The van der Waals surface area contributed by atoms with Gasteiger partial charge in [0.25, 0.3) is 5.91 Å². The average molecular weight is 278 g/mol. The minimum absolute atomic E-state index is 0.184. The van der Waals surface area contributed by atoms with E-state index in [0.717, 1.165) is 10.7 Å².